The Bertz CT molecular complexity index is 582. The first-order chi connectivity index (χ1) is 9.70. The maximum absolute atomic E-state index is 13.2. The summed E-state index contributed by atoms with van der Waals surface area (Å²) in [6.07, 6.45) is -3.56. The van der Waals surface area contributed by atoms with E-state index in [4.69, 9.17) is 0 Å². The summed E-state index contributed by atoms with van der Waals surface area (Å²) in [6.45, 7) is 5.20. The highest BCUT2D eigenvalue weighted by molar-refractivity contribution is 5.90. The summed E-state index contributed by atoms with van der Waals surface area (Å²) in [4.78, 5) is 11.7. The summed E-state index contributed by atoms with van der Waals surface area (Å²) in [6, 6.07) is 5.62. The zero-order chi connectivity index (χ0) is 15.8. The minimum Gasteiger partial charge on any atom is -0.465 e. The van der Waals surface area contributed by atoms with Gasteiger partial charge in [0.25, 0.3) is 0 Å². The fourth-order valence-electron chi connectivity index (χ4n) is 2.62. The van der Waals surface area contributed by atoms with Gasteiger partial charge in [-0.25, -0.2) is 0 Å². The van der Waals surface area contributed by atoms with Crippen LogP contribution in [0.2, 0.25) is 0 Å². The van der Waals surface area contributed by atoms with E-state index in [1.807, 2.05) is 32.0 Å². The molecule has 1 atom stereocenters. The van der Waals surface area contributed by atoms with Crippen LogP contribution in [0.1, 0.15) is 23.6 Å². The first-order valence-corrected chi connectivity index (χ1v) is 6.74. The molecule has 114 valence electrons. The molecule has 0 radical (unpaired) electrons. The molecule has 1 aliphatic rings. The molecule has 1 aromatic carbocycles. The van der Waals surface area contributed by atoms with Crippen LogP contribution in [-0.2, 0) is 16.0 Å². The summed E-state index contributed by atoms with van der Waals surface area (Å²) >= 11 is 0. The third kappa shape index (κ3) is 2.82. The lowest BCUT2D eigenvalue weighted by atomic mass is 9.94. The van der Waals surface area contributed by atoms with E-state index in [0.29, 0.717) is 0 Å². The van der Waals surface area contributed by atoms with Crippen LogP contribution in [0, 0.1) is 19.3 Å². The quantitative estimate of drug-likeness (QED) is 0.622. The number of carbonyl (C=O) groups is 1. The Morgan fingerprint density at radius 2 is 1.76 bits per heavy atom. The van der Waals surface area contributed by atoms with Gasteiger partial charge in [-0.15, -0.1) is 0 Å². The Hall–Kier alpha value is -1.78. The highest BCUT2D eigenvalue weighted by Gasteiger charge is 2.69. The average Bonchev–Trinajstić information content (AvgIpc) is 3.02. The average molecular weight is 298 g/mol. The molecule has 5 heteroatoms. The molecule has 2 nitrogen and oxygen atoms in total. The Balaban J connectivity index is 2.22. The monoisotopic (exact) mass is 298 g/mol. The molecule has 1 aliphatic carbocycles. The van der Waals surface area contributed by atoms with E-state index in [1.54, 1.807) is 0 Å². The zero-order valence-electron chi connectivity index (χ0n) is 12.2. The number of ether oxygens (including phenoxy) is 1. The number of rotatable bonds is 4. The fraction of sp³-hybridized carbons (Fsp3) is 0.438. The van der Waals surface area contributed by atoms with Gasteiger partial charge >= 0.3 is 12.1 Å². The molecule has 0 saturated heterocycles. The van der Waals surface area contributed by atoms with Gasteiger partial charge in [-0.05, 0) is 38.3 Å². The molecule has 0 N–H and O–H groups in total. The fourth-order valence-corrected chi connectivity index (χ4v) is 2.62. The predicted octanol–water partition coefficient (Wildman–Crippen LogP) is 3.90. The highest BCUT2D eigenvalue weighted by atomic mass is 19.4. The molecule has 2 rings (SSSR count). The number of esters is 1. The lowest BCUT2D eigenvalue weighted by molar-refractivity contribution is -0.201. The molecule has 0 heterocycles. The molecule has 0 aliphatic heterocycles. The summed E-state index contributed by atoms with van der Waals surface area (Å²) in [5, 5.41) is 0. The molecule has 1 aromatic rings. The predicted molar refractivity (Wildman–Crippen MR) is 72.8 cm³/mol. The van der Waals surface area contributed by atoms with Crippen molar-refractivity contribution in [2.45, 2.75) is 33.4 Å². The lowest BCUT2D eigenvalue weighted by Crippen LogP contribution is -2.37. The van der Waals surface area contributed by atoms with Crippen LogP contribution in [0.25, 0.3) is 0 Å². The van der Waals surface area contributed by atoms with Crippen LogP contribution in [0.3, 0.4) is 0 Å². The second-order valence-corrected chi connectivity index (χ2v) is 5.37. The van der Waals surface area contributed by atoms with E-state index in [0.717, 1.165) is 22.8 Å². The largest absolute Gasteiger partial charge is 0.465 e. The van der Waals surface area contributed by atoms with Crippen LogP contribution in [-0.4, -0.2) is 18.8 Å². The molecular formula is C16H17F3O2. The van der Waals surface area contributed by atoms with Crippen molar-refractivity contribution in [3.8, 4) is 0 Å². The van der Waals surface area contributed by atoms with Gasteiger partial charge in [0.2, 0.25) is 5.41 Å². The Morgan fingerprint density at radius 3 is 2.24 bits per heavy atom. The van der Waals surface area contributed by atoms with Crippen molar-refractivity contribution in [1.29, 1.82) is 0 Å². The third-order valence-corrected chi connectivity index (χ3v) is 3.53. The number of carbonyl (C=O) groups excluding carboxylic acids is 1. The number of benzene rings is 1. The normalized spacial score (nSPS) is 21.0. The van der Waals surface area contributed by atoms with Gasteiger partial charge in [0.15, 0.2) is 0 Å². The Labute approximate surface area is 121 Å². The molecule has 21 heavy (non-hydrogen) atoms. The third-order valence-electron chi connectivity index (χ3n) is 3.53. The van der Waals surface area contributed by atoms with Crippen molar-refractivity contribution in [3.05, 3.63) is 46.5 Å². The zero-order valence-corrected chi connectivity index (χ0v) is 12.2. The summed E-state index contributed by atoms with van der Waals surface area (Å²) in [5.74, 6) is -1.23. The molecule has 0 aromatic heterocycles. The molecule has 0 spiro atoms. The molecule has 0 amide bonds. The molecule has 0 saturated carbocycles. The maximum Gasteiger partial charge on any atom is 0.412 e. The number of aryl methyl sites for hydroxylation is 2. The van der Waals surface area contributed by atoms with Crippen molar-refractivity contribution in [2.24, 2.45) is 5.41 Å². The van der Waals surface area contributed by atoms with E-state index >= 15 is 0 Å². The van der Waals surface area contributed by atoms with Crippen molar-refractivity contribution < 1.29 is 22.7 Å². The van der Waals surface area contributed by atoms with E-state index < -0.39 is 17.6 Å². The van der Waals surface area contributed by atoms with Crippen molar-refractivity contribution >= 4 is 5.97 Å². The van der Waals surface area contributed by atoms with E-state index in [-0.39, 0.29) is 18.6 Å². The van der Waals surface area contributed by atoms with E-state index in [9.17, 15) is 18.0 Å². The number of halogens is 3. The topological polar surface area (TPSA) is 26.3 Å². The smallest absolute Gasteiger partial charge is 0.412 e. The highest BCUT2D eigenvalue weighted by Crippen LogP contribution is 2.57. The SMILES string of the molecule is CCOC(=O)C1(C(F)(F)F)C=C1Cc1cc(C)cc(C)c1. The van der Waals surface area contributed by atoms with Crippen molar-refractivity contribution in [3.63, 3.8) is 0 Å². The molecule has 0 bridgehead atoms. The van der Waals surface area contributed by atoms with Crippen LogP contribution < -0.4 is 0 Å². The van der Waals surface area contributed by atoms with Crippen LogP contribution in [0.4, 0.5) is 13.2 Å². The Morgan fingerprint density at radius 1 is 1.19 bits per heavy atom. The maximum atomic E-state index is 13.2. The molecular weight excluding hydrogens is 281 g/mol. The van der Waals surface area contributed by atoms with Gasteiger partial charge in [-0.1, -0.05) is 35.4 Å². The van der Waals surface area contributed by atoms with E-state index in [2.05, 4.69) is 4.74 Å². The Kier molecular flexibility index (Phi) is 3.87. The van der Waals surface area contributed by atoms with Gasteiger partial charge in [0, 0.05) is 0 Å². The summed E-state index contributed by atoms with van der Waals surface area (Å²) < 4.78 is 44.3. The second kappa shape index (κ2) is 5.20. The molecule has 1 unspecified atom stereocenters. The summed E-state index contributed by atoms with van der Waals surface area (Å²) in [7, 11) is 0. The number of hydrogen-bond donors (Lipinski definition) is 0. The van der Waals surface area contributed by atoms with E-state index in [1.165, 1.54) is 6.92 Å². The van der Waals surface area contributed by atoms with Gasteiger partial charge in [0.1, 0.15) is 0 Å². The minimum absolute atomic E-state index is 0.0680. The second-order valence-electron chi connectivity index (χ2n) is 5.37. The number of hydrogen-bond acceptors (Lipinski definition) is 2. The van der Waals surface area contributed by atoms with Gasteiger partial charge in [-0.3, -0.25) is 4.79 Å². The van der Waals surface area contributed by atoms with Gasteiger partial charge in [-0.2, -0.15) is 13.2 Å². The minimum atomic E-state index is -4.65. The van der Waals surface area contributed by atoms with Crippen LogP contribution in [0.5, 0.6) is 0 Å². The van der Waals surface area contributed by atoms with Gasteiger partial charge in [0.05, 0.1) is 6.61 Å². The first kappa shape index (κ1) is 15.6. The first-order valence-electron chi connectivity index (χ1n) is 6.74. The molecule has 0 fully saturated rings. The standard InChI is InChI=1S/C16H17F3O2/c1-4-21-14(20)15(16(17,18)19)9-13(15)8-12-6-10(2)5-11(3)7-12/h5-7,9H,4,8H2,1-3H3. The van der Waals surface area contributed by atoms with Crippen LogP contribution >= 0.6 is 0 Å². The lowest BCUT2D eigenvalue weighted by Gasteiger charge is -2.20. The summed E-state index contributed by atoms with van der Waals surface area (Å²) in [5.41, 5.74) is 0.299. The van der Waals surface area contributed by atoms with Crippen molar-refractivity contribution in [1.82, 2.24) is 0 Å². The van der Waals surface area contributed by atoms with Gasteiger partial charge < -0.3 is 4.74 Å². The number of alkyl halides is 3. The van der Waals surface area contributed by atoms with Crippen LogP contribution in [0.15, 0.2) is 29.8 Å². The van der Waals surface area contributed by atoms with Crippen molar-refractivity contribution in [2.75, 3.05) is 6.61 Å².